The second-order valence-corrected chi connectivity index (χ2v) is 4.57. The van der Waals surface area contributed by atoms with Gasteiger partial charge in [0.25, 0.3) is 0 Å². The van der Waals surface area contributed by atoms with Crippen LogP contribution < -0.4 is 0 Å². The summed E-state index contributed by atoms with van der Waals surface area (Å²) in [7, 11) is 0. The highest BCUT2D eigenvalue weighted by molar-refractivity contribution is 6.00. The van der Waals surface area contributed by atoms with Gasteiger partial charge in [0.15, 0.2) is 5.78 Å². The van der Waals surface area contributed by atoms with Crippen LogP contribution in [0.3, 0.4) is 0 Å². The van der Waals surface area contributed by atoms with Crippen molar-refractivity contribution in [2.75, 3.05) is 0 Å². The minimum Gasteiger partial charge on any atom is -0.299 e. The largest absolute Gasteiger partial charge is 0.299 e. The molecular weight excluding hydrogens is 236 g/mol. The summed E-state index contributed by atoms with van der Waals surface area (Å²) in [6.07, 6.45) is 0.226. The van der Waals surface area contributed by atoms with Crippen molar-refractivity contribution in [1.82, 2.24) is 0 Å². The van der Waals surface area contributed by atoms with Crippen LogP contribution in [0.4, 0.5) is 0 Å². The van der Waals surface area contributed by atoms with Crippen LogP contribution in [0.15, 0.2) is 60.7 Å². The van der Waals surface area contributed by atoms with Crippen LogP contribution in [0.2, 0.25) is 0 Å². The standard InChI is InChI=1S/C17H16O2/c1-13(18)16(14-8-4-2-5-9-14)12-17(19)15-10-6-3-7-11-15/h2-11,16H,12H2,1H3. The number of benzene rings is 2. The minimum absolute atomic E-state index is 0.00431. The number of hydrogen-bond acceptors (Lipinski definition) is 2. The molecule has 0 radical (unpaired) electrons. The summed E-state index contributed by atoms with van der Waals surface area (Å²) in [6, 6.07) is 18.6. The second-order valence-electron chi connectivity index (χ2n) is 4.57. The van der Waals surface area contributed by atoms with Crippen molar-refractivity contribution in [1.29, 1.82) is 0 Å². The lowest BCUT2D eigenvalue weighted by Crippen LogP contribution is -2.14. The summed E-state index contributed by atoms with van der Waals surface area (Å²) in [5.41, 5.74) is 1.56. The molecule has 0 heterocycles. The van der Waals surface area contributed by atoms with E-state index >= 15 is 0 Å². The highest BCUT2D eigenvalue weighted by Gasteiger charge is 2.20. The summed E-state index contributed by atoms with van der Waals surface area (Å²) in [5.74, 6) is -0.325. The number of ketones is 2. The van der Waals surface area contributed by atoms with Crippen LogP contribution in [0, 0.1) is 0 Å². The number of carbonyl (C=O) groups excluding carboxylic acids is 2. The first kappa shape index (κ1) is 13.2. The molecular formula is C17H16O2. The predicted octanol–water partition coefficient (Wildman–Crippen LogP) is 3.63. The zero-order valence-electron chi connectivity index (χ0n) is 10.9. The number of hydrogen-bond donors (Lipinski definition) is 0. The van der Waals surface area contributed by atoms with E-state index in [1.165, 1.54) is 6.92 Å². The molecule has 0 fully saturated rings. The molecule has 1 atom stereocenters. The molecule has 0 amide bonds. The second kappa shape index (κ2) is 6.10. The van der Waals surface area contributed by atoms with E-state index in [-0.39, 0.29) is 23.9 Å². The van der Waals surface area contributed by atoms with Gasteiger partial charge >= 0.3 is 0 Å². The number of rotatable bonds is 5. The Bertz CT molecular complexity index is 558. The summed E-state index contributed by atoms with van der Waals surface area (Å²) in [5, 5.41) is 0. The van der Waals surface area contributed by atoms with Crippen molar-refractivity contribution in [2.45, 2.75) is 19.3 Å². The molecule has 0 bridgehead atoms. The Morgan fingerprint density at radius 3 is 1.95 bits per heavy atom. The van der Waals surface area contributed by atoms with E-state index in [4.69, 9.17) is 0 Å². The van der Waals surface area contributed by atoms with E-state index in [1.807, 2.05) is 48.5 Å². The minimum atomic E-state index is -0.353. The van der Waals surface area contributed by atoms with Crippen LogP contribution >= 0.6 is 0 Å². The van der Waals surface area contributed by atoms with Crippen LogP contribution in [-0.4, -0.2) is 11.6 Å². The zero-order valence-corrected chi connectivity index (χ0v) is 10.9. The van der Waals surface area contributed by atoms with E-state index in [1.54, 1.807) is 12.1 Å². The molecule has 0 saturated carbocycles. The van der Waals surface area contributed by atoms with Crippen molar-refractivity contribution in [3.63, 3.8) is 0 Å². The monoisotopic (exact) mass is 252 g/mol. The Balaban J connectivity index is 2.19. The third-order valence-corrected chi connectivity index (χ3v) is 3.18. The molecule has 0 saturated heterocycles. The maximum absolute atomic E-state index is 12.2. The first-order valence-electron chi connectivity index (χ1n) is 6.32. The zero-order chi connectivity index (χ0) is 13.7. The lowest BCUT2D eigenvalue weighted by molar-refractivity contribution is -0.118. The Hall–Kier alpha value is -2.22. The summed E-state index contributed by atoms with van der Waals surface area (Å²) in [6.45, 7) is 1.54. The Morgan fingerprint density at radius 1 is 0.895 bits per heavy atom. The molecule has 0 aliphatic carbocycles. The van der Waals surface area contributed by atoms with Gasteiger partial charge < -0.3 is 0 Å². The van der Waals surface area contributed by atoms with Crippen molar-refractivity contribution < 1.29 is 9.59 Å². The molecule has 2 aromatic rings. The van der Waals surface area contributed by atoms with Gasteiger partial charge in [0.2, 0.25) is 0 Å². The Morgan fingerprint density at radius 2 is 1.42 bits per heavy atom. The van der Waals surface area contributed by atoms with E-state index in [0.717, 1.165) is 5.56 Å². The molecule has 0 N–H and O–H groups in total. The average Bonchev–Trinajstić information content (AvgIpc) is 2.46. The van der Waals surface area contributed by atoms with E-state index in [9.17, 15) is 9.59 Å². The van der Waals surface area contributed by atoms with Crippen LogP contribution in [-0.2, 0) is 4.79 Å². The third kappa shape index (κ3) is 3.38. The lowest BCUT2D eigenvalue weighted by atomic mass is 9.89. The smallest absolute Gasteiger partial charge is 0.163 e. The molecule has 0 aliphatic rings. The highest BCUT2D eigenvalue weighted by atomic mass is 16.1. The number of carbonyl (C=O) groups is 2. The van der Waals surface area contributed by atoms with Gasteiger partial charge in [-0.1, -0.05) is 60.7 Å². The normalized spacial score (nSPS) is 11.8. The Labute approximate surface area is 113 Å². The molecule has 1 unspecified atom stereocenters. The first-order valence-corrected chi connectivity index (χ1v) is 6.32. The SMILES string of the molecule is CC(=O)C(CC(=O)c1ccccc1)c1ccccc1. The maximum Gasteiger partial charge on any atom is 0.163 e. The third-order valence-electron chi connectivity index (χ3n) is 3.18. The highest BCUT2D eigenvalue weighted by Crippen LogP contribution is 2.22. The Kier molecular flexibility index (Phi) is 4.24. The average molecular weight is 252 g/mol. The molecule has 2 nitrogen and oxygen atoms in total. The summed E-state index contributed by atoms with van der Waals surface area (Å²) < 4.78 is 0. The van der Waals surface area contributed by atoms with Crippen LogP contribution in [0.1, 0.15) is 35.2 Å². The first-order chi connectivity index (χ1) is 9.18. The van der Waals surface area contributed by atoms with Crippen LogP contribution in [0.5, 0.6) is 0 Å². The van der Waals surface area contributed by atoms with Gasteiger partial charge in [0, 0.05) is 17.9 Å². The topological polar surface area (TPSA) is 34.1 Å². The van der Waals surface area contributed by atoms with Gasteiger partial charge in [-0.15, -0.1) is 0 Å². The van der Waals surface area contributed by atoms with E-state index in [2.05, 4.69) is 0 Å². The quantitative estimate of drug-likeness (QED) is 0.761. The van der Waals surface area contributed by atoms with Crippen molar-refractivity contribution in [2.24, 2.45) is 0 Å². The van der Waals surface area contributed by atoms with Gasteiger partial charge in [0.05, 0.1) is 0 Å². The molecule has 0 spiro atoms. The van der Waals surface area contributed by atoms with Gasteiger partial charge in [-0.2, -0.15) is 0 Å². The van der Waals surface area contributed by atoms with Crippen molar-refractivity contribution in [3.8, 4) is 0 Å². The van der Waals surface area contributed by atoms with Crippen LogP contribution in [0.25, 0.3) is 0 Å². The lowest BCUT2D eigenvalue weighted by Gasteiger charge is -2.13. The predicted molar refractivity (Wildman–Crippen MR) is 75.3 cm³/mol. The molecule has 2 rings (SSSR count). The molecule has 0 aliphatic heterocycles. The number of Topliss-reactive ketones (excluding diaryl/α,β-unsaturated/α-hetero) is 2. The van der Waals surface area contributed by atoms with Crippen molar-refractivity contribution >= 4 is 11.6 Å². The van der Waals surface area contributed by atoms with E-state index in [0.29, 0.717) is 5.56 Å². The molecule has 19 heavy (non-hydrogen) atoms. The molecule has 2 heteroatoms. The fraction of sp³-hybridized carbons (Fsp3) is 0.176. The van der Waals surface area contributed by atoms with Gasteiger partial charge in [-0.05, 0) is 12.5 Å². The summed E-state index contributed by atoms with van der Waals surface area (Å²) >= 11 is 0. The fourth-order valence-electron chi connectivity index (χ4n) is 2.11. The molecule has 2 aromatic carbocycles. The maximum atomic E-state index is 12.2. The van der Waals surface area contributed by atoms with Gasteiger partial charge in [-0.25, -0.2) is 0 Å². The van der Waals surface area contributed by atoms with Gasteiger partial charge in [0.1, 0.15) is 5.78 Å². The molecule has 0 aromatic heterocycles. The van der Waals surface area contributed by atoms with E-state index < -0.39 is 0 Å². The van der Waals surface area contributed by atoms with Gasteiger partial charge in [-0.3, -0.25) is 9.59 Å². The summed E-state index contributed by atoms with van der Waals surface area (Å²) in [4.78, 5) is 23.9. The molecule has 96 valence electrons. The van der Waals surface area contributed by atoms with Crippen molar-refractivity contribution in [3.05, 3.63) is 71.8 Å². The fourth-order valence-corrected chi connectivity index (χ4v) is 2.11.